The lowest BCUT2D eigenvalue weighted by Gasteiger charge is -2.21. The van der Waals surface area contributed by atoms with Gasteiger partial charge >= 0.3 is 5.97 Å². The van der Waals surface area contributed by atoms with Gasteiger partial charge in [0, 0.05) is 17.2 Å². The molecule has 1 saturated carbocycles. The zero-order chi connectivity index (χ0) is 15.4. The smallest absolute Gasteiger partial charge is 0.325 e. The molecule has 21 heavy (non-hydrogen) atoms. The van der Waals surface area contributed by atoms with Gasteiger partial charge in [0.2, 0.25) is 0 Å². The number of hydrogen-bond acceptors (Lipinski definition) is 4. The molecule has 6 heteroatoms. The number of hydrogen-bond donors (Lipinski definition) is 1. The minimum absolute atomic E-state index is 0.0192. The summed E-state index contributed by atoms with van der Waals surface area (Å²) < 4.78 is 4.92. The first-order chi connectivity index (χ1) is 10.0. The van der Waals surface area contributed by atoms with E-state index in [-0.39, 0.29) is 29.5 Å². The second-order valence-electron chi connectivity index (χ2n) is 4.91. The van der Waals surface area contributed by atoms with Crippen molar-refractivity contribution in [3.05, 3.63) is 35.4 Å². The molecule has 1 aliphatic carbocycles. The summed E-state index contributed by atoms with van der Waals surface area (Å²) in [4.78, 5) is 26.0. The minimum atomic E-state index is -0.386. The highest BCUT2D eigenvalue weighted by atomic mass is 32.1. The Labute approximate surface area is 129 Å². The van der Waals surface area contributed by atoms with Crippen LogP contribution in [0.4, 0.5) is 0 Å². The van der Waals surface area contributed by atoms with Crippen LogP contribution in [0.2, 0.25) is 0 Å². The van der Waals surface area contributed by atoms with Crippen LogP contribution in [0.5, 0.6) is 0 Å². The summed E-state index contributed by atoms with van der Waals surface area (Å²) in [7, 11) is 0. The first-order valence-corrected chi connectivity index (χ1v) is 7.30. The van der Waals surface area contributed by atoms with E-state index in [9.17, 15) is 9.59 Å². The molecule has 0 spiro atoms. The van der Waals surface area contributed by atoms with E-state index in [4.69, 9.17) is 22.7 Å². The van der Waals surface area contributed by atoms with Crippen LogP contribution in [0, 0.1) is 0 Å². The van der Waals surface area contributed by atoms with E-state index in [2.05, 4.69) is 0 Å². The van der Waals surface area contributed by atoms with Gasteiger partial charge in [-0.25, -0.2) is 0 Å². The quantitative estimate of drug-likeness (QED) is 0.637. The Morgan fingerprint density at radius 2 is 2.05 bits per heavy atom. The van der Waals surface area contributed by atoms with Crippen molar-refractivity contribution in [1.82, 2.24) is 4.90 Å². The van der Waals surface area contributed by atoms with Crippen molar-refractivity contribution in [3.8, 4) is 0 Å². The molecule has 0 atom stereocenters. The molecule has 1 fully saturated rings. The van der Waals surface area contributed by atoms with E-state index in [1.807, 2.05) is 0 Å². The van der Waals surface area contributed by atoms with Gasteiger partial charge in [-0.2, -0.15) is 0 Å². The third-order valence-electron chi connectivity index (χ3n) is 3.25. The van der Waals surface area contributed by atoms with Gasteiger partial charge in [0.1, 0.15) is 11.5 Å². The monoisotopic (exact) mass is 306 g/mol. The van der Waals surface area contributed by atoms with Crippen molar-refractivity contribution in [2.75, 3.05) is 13.2 Å². The van der Waals surface area contributed by atoms with Crippen LogP contribution in [-0.2, 0) is 9.53 Å². The summed E-state index contributed by atoms with van der Waals surface area (Å²) in [6.45, 7) is 2.03. The summed E-state index contributed by atoms with van der Waals surface area (Å²) in [5, 5.41) is 0. The number of amides is 1. The number of carbonyl (C=O) groups is 2. The summed E-state index contributed by atoms with van der Waals surface area (Å²) >= 11 is 4.92. The lowest BCUT2D eigenvalue weighted by molar-refractivity contribution is -0.144. The molecular formula is C15H18N2O3S. The number of ether oxygens (including phenoxy) is 1. The van der Waals surface area contributed by atoms with Crippen LogP contribution < -0.4 is 5.73 Å². The Morgan fingerprint density at radius 3 is 2.62 bits per heavy atom. The van der Waals surface area contributed by atoms with E-state index in [1.54, 1.807) is 36.1 Å². The predicted octanol–water partition coefficient (Wildman–Crippen LogP) is 1.49. The summed E-state index contributed by atoms with van der Waals surface area (Å²) in [6.07, 6.45) is 1.83. The molecule has 5 nitrogen and oxygen atoms in total. The molecule has 0 bridgehead atoms. The molecule has 1 aromatic rings. The van der Waals surface area contributed by atoms with Crippen LogP contribution in [0.25, 0.3) is 0 Å². The van der Waals surface area contributed by atoms with Crippen molar-refractivity contribution < 1.29 is 14.3 Å². The van der Waals surface area contributed by atoms with Crippen LogP contribution in [0.1, 0.15) is 35.7 Å². The zero-order valence-corrected chi connectivity index (χ0v) is 12.7. The second kappa shape index (κ2) is 6.67. The third kappa shape index (κ3) is 4.01. The molecule has 1 amide bonds. The Kier molecular flexibility index (Phi) is 4.90. The van der Waals surface area contributed by atoms with Gasteiger partial charge in [0.15, 0.2) is 0 Å². The fourth-order valence-electron chi connectivity index (χ4n) is 2.07. The summed E-state index contributed by atoms with van der Waals surface area (Å²) in [6, 6.07) is 6.97. The Morgan fingerprint density at radius 1 is 1.38 bits per heavy atom. The van der Waals surface area contributed by atoms with E-state index in [0.717, 1.165) is 12.8 Å². The Balaban J connectivity index is 2.16. The average molecular weight is 306 g/mol. The molecule has 0 unspecified atom stereocenters. The average Bonchev–Trinajstić information content (AvgIpc) is 3.29. The highest BCUT2D eigenvalue weighted by molar-refractivity contribution is 7.80. The standard InChI is InChI=1S/C15H18N2O3S/c1-2-20-13(18)9-17(12-6-7-12)15(19)11-5-3-4-10(8-11)14(16)21/h3-5,8,12H,2,6-7,9H2,1H3,(H2,16,21). The number of rotatable bonds is 6. The highest BCUT2D eigenvalue weighted by Gasteiger charge is 2.34. The van der Waals surface area contributed by atoms with Crippen molar-refractivity contribution in [2.24, 2.45) is 5.73 Å². The number of benzene rings is 1. The molecule has 0 heterocycles. The van der Waals surface area contributed by atoms with Gasteiger partial charge in [-0.15, -0.1) is 0 Å². The lowest BCUT2D eigenvalue weighted by Crippen LogP contribution is -2.38. The largest absolute Gasteiger partial charge is 0.465 e. The number of thiocarbonyl (C=S) groups is 1. The van der Waals surface area contributed by atoms with Crippen LogP contribution in [0.15, 0.2) is 24.3 Å². The molecular weight excluding hydrogens is 288 g/mol. The summed E-state index contributed by atoms with van der Waals surface area (Å²) in [5.74, 6) is -0.577. The molecule has 0 aromatic heterocycles. The van der Waals surface area contributed by atoms with Crippen LogP contribution >= 0.6 is 12.2 Å². The highest BCUT2D eigenvalue weighted by Crippen LogP contribution is 2.28. The topological polar surface area (TPSA) is 72.6 Å². The molecule has 0 aliphatic heterocycles. The predicted molar refractivity (Wildman–Crippen MR) is 83.0 cm³/mol. The van der Waals surface area contributed by atoms with E-state index < -0.39 is 0 Å². The fraction of sp³-hybridized carbons (Fsp3) is 0.400. The normalized spacial score (nSPS) is 13.6. The first-order valence-electron chi connectivity index (χ1n) is 6.89. The molecule has 1 aliphatic rings. The summed E-state index contributed by atoms with van der Waals surface area (Å²) in [5.41, 5.74) is 6.71. The Bertz CT molecular complexity index is 570. The molecule has 0 saturated heterocycles. The van der Waals surface area contributed by atoms with Gasteiger partial charge in [0.25, 0.3) is 5.91 Å². The van der Waals surface area contributed by atoms with Gasteiger partial charge in [0.05, 0.1) is 6.61 Å². The second-order valence-corrected chi connectivity index (χ2v) is 5.35. The van der Waals surface area contributed by atoms with Crippen LogP contribution in [0.3, 0.4) is 0 Å². The third-order valence-corrected chi connectivity index (χ3v) is 3.48. The van der Waals surface area contributed by atoms with Crippen LogP contribution in [-0.4, -0.2) is 41.0 Å². The number of carbonyl (C=O) groups excluding carboxylic acids is 2. The molecule has 2 rings (SSSR count). The van der Waals surface area contributed by atoms with Gasteiger partial charge in [-0.3, -0.25) is 9.59 Å². The zero-order valence-electron chi connectivity index (χ0n) is 11.9. The fourth-order valence-corrected chi connectivity index (χ4v) is 2.20. The molecule has 1 aromatic carbocycles. The number of nitrogens with zero attached hydrogens (tertiary/aromatic N) is 1. The van der Waals surface area contributed by atoms with Gasteiger partial charge < -0.3 is 15.4 Å². The maximum absolute atomic E-state index is 12.6. The van der Waals surface area contributed by atoms with Gasteiger partial charge in [-0.05, 0) is 31.9 Å². The van der Waals surface area contributed by atoms with Crippen molar-refractivity contribution in [3.63, 3.8) is 0 Å². The maximum atomic E-state index is 12.6. The van der Waals surface area contributed by atoms with Gasteiger partial charge in [-0.1, -0.05) is 24.4 Å². The van der Waals surface area contributed by atoms with Crippen molar-refractivity contribution in [1.29, 1.82) is 0 Å². The van der Waals surface area contributed by atoms with E-state index in [1.165, 1.54) is 0 Å². The maximum Gasteiger partial charge on any atom is 0.325 e. The SMILES string of the molecule is CCOC(=O)CN(C(=O)c1cccc(C(N)=S)c1)C1CC1. The van der Waals surface area contributed by atoms with E-state index in [0.29, 0.717) is 17.7 Å². The van der Waals surface area contributed by atoms with Crippen molar-refractivity contribution in [2.45, 2.75) is 25.8 Å². The minimum Gasteiger partial charge on any atom is -0.465 e. The number of nitrogens with two attached hydrogens (primary N) is 1. The first kappa shape index (κ1) is 15.4. The Hall–Kier alpha value is -1.95. The van der Waals surface area contributed by atoms with E-state index >= 15 is 0 Å². The molecule has 2 N–H and O–H groups in total. The molecule has 0 radical (unpaired) electrons. The number of esters is 1. The van der Waals surface area contributed by atoms with Crippen molar-refractivity contribution >= 4 is 29.1 Å². The molecule has 112 valence electrons. The lowest BCUT2D eigenvalue weighted by atomic mass is 10.1.